The maximum absolute atomic E-state index is 12.6. The van der Waals surface area contributed by atoms with Crippen molar-refractivity contribution in [2.75, 3.05) is 23.3 Å². The van der Waals surface area contributed by atoms with Gasteiger partial charge in [0.25, 0.3) is 0 Å². The van der Waals surface area contributed by atoms with Crippen molar-refractivity contribution >= 4 is 29.1 Å². The monoisotopic (exact) mass is 355 g/mol. The van der Waals surface area contributed by atoms with Gasteiger partial charge in [0.15, 0.2) is 0 Å². The Morgan fingerprint density at radius 1 is 1.00 bits per heavy atom. The molecule has 3 fully saturated rings. The second kappa shape index (κ2) is 7.09. The molecule has 2 aliphatic heterocycles. The first-order chi connectivity index (χ1) is 12.6. The minimum Gasteiger partial charge on any atom is -0.339 e. The fraction of sp³-hybridized carbons (Fsp3) is 0.550. The van der Waals surface area contributed by atoms with Crippen LogP contribution >= 0.6 is 0 Å². The smallest absolute Gasteiger partial charge is 0.229 e. The van der Waals surface area contributed by atoms with Crippen LogP contribution < -0.4 is 10.2 Å². The zero-order valence-electron chi connectivity index (χ0n) is 14.9. The van der Waals surface area contributed by atoms with E-state index in [2.05, 4.69) is 5.32 Å². The van der Waals surface area contributed by atoms with Gasteiger partial charge in [0.05, 0.1) is 5.92 Å². The third-order valence-corrected chi connectivity index (χ3v) is 5.81. The van der Waals surface area contributed by atoms with E-state index in [1.165, 1.54) is 12.8 Å². The largest absolute Gasteiger partial charge is 0.339 e. The van der Waals surface area contributed by atoms with Crippen molar-refractivity contribution in [3.05, 3.63) is 24.3 Å². The van der Waals surface area contributed by atoms with Crippen LogP contribution in [0.5, 0.6) is 0 Å². The van der Waals surface area contributed by atoms with E-state index in [-0.39, 0.29) is 23.6 Å². The summed E-state index contributed by atoms with van der Waals surface area (Å²) >= 11 is 0. The molecule has 4 rings (SSSR count). The van der Waals surface area contributed by atoms with Crippen LogP contribution in [0.2, 0.25) is 0 Å². The minimum absolute atomic E-state index is 0.0937. The molecule has 2 saturated heterocycles. The molecule has 2 heterocycles. The molecule has 0 radical (unpaired) electrons. The molecule has 1 N–H and O–H groups in total. The zero-order valence-corrected chi connectivity index (χ0v) is 14.9. The molecule has 1 aromatic rings. The lowest BCUT2D eigenvalue weighted by Gasteiger charge is -2.23. The average molecular weight is 355 g/mol. The van der Waals surface area contributed by atoms with Crippen molar-refractivity contribution < 1.29 is 14.4 Å². The molecule has 1 aliphatic carbocycles. The predicted octanol–water partition coefficient (Wildman–Crippen LogP) is 2.54. The molecule has 1 atom stereocenters. The second-order valence-electron chi connectivity index (χ2n) is 7.57. The molecule has 6 heteroatoms. The number of hydrogen-bond acceptors (Lipinski definition) is 3. The molecule has 0 bridgehead atoms. The molecular weight excluding hydrogens is 330 g/mol. The molecule has 3 amide bonds. The first-order valence-electron chi connectivity index (χ1n) is 9.62. The van der Waals surface area contributed by atoms with Crippen molar-refractivity contribution in [2.24, 2.45) is 5.92 Å². The zero-order chi connectivity index (χ0) is 18.1. The van der Waals surface area contributed by atoms with E-state index in [0.29, 0.717) is 31.1 Å². The van der Waals surface area contributed by atoms with Crippen LogP contribution in [0.4, 0.5) is 11.4 Å². The molecule has 1 unspecified atom stereocenters. The molecule has 138 valence electrons. The number of carbonyl (C=O) groups is 3. The number of benzene rings is 1. The van der Waals surface area contributed by atoms with Gasteiger partial charge in [-0.05, 0) is 43.5 Å². The second-order valence-corrected chi connectivity index (χ2v) is 7.57. The highest BCUT2D eigenvalue weighted by Gasteiger charge is 2.38. The maximum Gasteiger partial charge on any atom is 0.229 e. The predicted molar refractivity (Wildman–Crippen MR) is 98.7 cm³/mol. The highest BCUT2D eigenvalue weighted by molar-refractivity contribution is 5.98. The van der Waals surface area contributed by atoms with Crippen molar-refractivity contribution in [3.8, 4) is 0 Å². The molecule has 26 heavy (non-hydrogen) atoms. The van der Waals surface area contributed by atoms with E-state index in [1.807, 2.05) is 29.2 Å². The lowest BCUT2D eigenvalue weighted by atomic mass is 10.1. The van der Waals surface area contributed by atoms with Crippen LogP contribution in [0, 0.1) is 5.92 Å². The number of carbonyl (C=O) groups excluding carboxylic acids is 3. The lowest BCUT2D eigenvalue weighted by molar-refractivity contribution is -0.130. The average Bonchev–Trinajstić information content (AvgIpc) is 3.36. The molecule has 3 aliphatic rings. The van der Waals surface area contributed by atoms with Crippen LogP contribution in [0.1, 0.15) is 44.9 Å². The van der Waals surface area contributed by atoms with Gasteiger partial charge >= 0.3 is 0 Å². The normalized spacial score (nSPS) is 23.9. The summed E-state index contributed by atoms with van der Waals surface area (Å²) < 4.78 is 0. The summed E-state index contributed by atoms with van der Waals surface area (Å²) in [5.74, 6) is -0.106. The highest BCUT2D eigenvalue weighted by Crippen LogP contribution is 2.30. The number of hydrogen-bond donors (Lipinski definition) is 1. The summed E-state index contributed by atoms with van der Waals surface area (Å²) in [6, 6.07) is 7.71. The van der Waals surface area contributed by atoms with Gasteiger partial charge in [-0.25, -0.2) is 0 Å². The van der Waals surface area contributed by atoms with Gasteiger partial charge in [0, 0.05) is 43.3 Å². The van der Waals surface area contributed by atoms with Crippen LogP contribution in [-0.4, -0.2) is 41.8 Å². The van der Waals surface area contributed by atoms with Crippen LogP contribution in [0.3, 0.4) is 0 Å². The fourth-order valence-corrected chi connectivity index (χ4v) is 4.37. The van der Waals surface area contributed by atoms with E-state index in [4.69, 9.17) is 0 Å². The van der Waals surface area contributed by atoms with Crippen LogP contribution in [-0.2, 0) is 14.4 Å². The molecule has 6 nitrogen and oxygen atoms in total. The molecule has 1 aromatic carbocycles. The Morgan fingerprint density at radius 2 is 1.73 bits per heavy atom. The Kier molecular flexibility index (Phi) is 4.66. The standard InChI is InChI=1S/C20H25N3O3/c24-18-6-3-11-22(18)17-9-7-15(8-10-17)21-20(26)14-12-19(25)23(13-14)16-4-1-2-5-16/h7-10,14,16H,1-6,11-13H2,(H,21,26). The number of nitrogens with zero attached hydrogens (tertiary/aromatic N) is 2. The van der Waals surface area contributed by atoms with E-state index in [9.17, 15) is 14.4 Å². The van der Waals surface area contributed by atoms with Crippen molar-refractivity contribution in [1.29, 1.82) is 0 Å². The summed E-state index contributed by atoms with van der Waals surface area (Å²) in [4.78, 5) is 40.3. The van der Waals surface area contributed by atoms with Crippen molar-refractivity contribution in [1.82, 2.24) is 4.90 Å². The topological polar surface area (TPSA) is 69.7 Å². The van der Waals surface area contributed by atoms with E-state index in [1.54, 1.807) is 4.90 Å². The Bertz CT molecular complexity index is 710. The lowest BCUT2D eigenvalue weighted by Crippen LogP contribution is -2.35. The Balaban J connectivity index is 1.36. The number of anilines is 2. The summed E-state index contributed by atoms with van der Waals surface area (Å²) in [5.41, 5.74) is 1.58. The van der Waals surface area contributed by atoms with Gasteiger partial charge in [-0.2, -0.15) is 0 Å². The highest BCUT2D eigenvalue weighted by atomic mass is 16.2. The third-order valence-electron chi connectivity index (χ3n) is 5.81. The number of likely N-dealkylation sites (tertiary alicyclic amines) is 1. The quantitative estimate of drug-likeness (QED) is 0.902. The van der Waals surface area contributed by atoms with Crippen molar-refractivity contribution in [2.45, 2.75) is 51.0 Å². The minimum atomic E-state index is -0.275. The van der Waals surface area contributed by atoms with E-state index >= 15 is 0 Å². The van der Waals surface area contributed by atoms with Crippen molar-refractivity contribution in [3.63, 3.8) is 0 Å². The molecule has 0 spiro atoms. The number of nitrogens with one attached hydrogen (secondary N) is 1. The molecule has 1 saturated carbocycles. The first kappa shape index (κ1) is 17.1. The van der Waals surface area contributed by atoms with Gasteiger partial charge in [0.2, 0.25) is 17.7 Å². The molecular formula is C20H25N3O3. The Labute approximate surface area is 153 Å². The third kappa shape index (κ3) is 3.32. The first-order valence-corrected chi connectivity index (χ1v) is 9.62. The fourth-order valence-electron chi connectivity index (χ4n) is 4.37. The van der Waals surface area contributed by atoms with Gasteiger partial charge in [0.1, 0.15) is 0 Å². The van der Waals surface area contributed by atoms with Gasteiger partial charge in [-0.3, -0.25) is 14.4 Å². The van der Waals surface area contributed by atoms with Gasteiger partial charge < -0.3 is 15.1 Å². The Hall–Kier alpha value is -2.37. The van der Waals surface area contributed by atoms with Gasteiger partial charge in [-0.15, -0.1) is 0 Å². The number of amides is 3. The summed E-state index contributed by atoms with van der Waals surface area (Å²) in [6.45, 7) is 1.29. The molecule has 0 aromatic heterocycles. The van der Waals surface area contributed by atoms with Crippen LogP contribution in [0.25, 0.3) is 0 Å². The maximum atomic E-state index is 12.6. The van der Waals surface area contributed by atoms with E-state index in [0.717, 1.165) is 31.5 Å². The van der Waals surface area contributed by atoms with E-state index < -0.39 is 0 Å². The summed E-state index contributed by atoms with van der Waals surface area (Å²) in [6.07, 6.45) is 6.29. The Morgan fingerprint density at radius 3 is 2.38 bits per heavy atom. The summed E-state index contributed by atoms with van der Waals surface area (Å²) in [5, 5.41) is 2.92. The van der Waals surface area contributed by atoms with Crippen LogP contribution in [0.15, 0.2) is 24.3 Å². The number of rotatable bonds is 4. The van der Waals surface area contributed by atoms with Gasteiger partial charge in [-0.1, -0.05) is 12.8 Å². The SMILES string of the molecule is O=C(Nc1ccc(N2CCCC2=O)cc1)C1CC(=O)N(C2CCCC2)C1. The summed E-state index contributed by atoms with van der Waals surface area (Å²) in [7, 11) is 0.